The van der Waals surface area contributed by atoms with E-state index in [1.807, 2.05) is 0 Å². The van der Waals surface area contributed by atoms with E-state index in [4.69, 9.17) is 4.74 Å². The smallest absolute Gasteiger partial charge is 0.270 e. The fourth-order valence-electron chi connectivity index (χ4n) is 2.21. The summed E-state index contributed by atoms with van der Waals surface area (Å²) < 4.78 is 5.80. The third-order valence-electron chi connectivity index (χ3n) is 3.67. The van der Waals surface area contributed by atoms with Crippen LogP contribution in [0.4, 0.5) is 5.69 Å². The number of hydrogen-bond donors (Lipinski definition) is 1. The van der Waals surface area contributed by atoms with Crippen molar-refractivity contribution in [3.05, 3.63) is 33.9 Å². The van der Waals surface area contributed by atoms with Crippen molar-refractivity contribution < 1.29 is 14.8 Å². The molecule has 1 aromatic carbocycles. The topological polar surface area (TPSA) is 72.6 Å². The van der Waals surface area contributed by atoms with Crippen LogP contribution in [-0.4, -0.2) is 16.6 Å². The van der Waals surface area contributed by atoms with Gasteiger partial charge in [-0.15, -0.1) is 0 Å². The Morgan fingerprint density at radius 2 is 2.10 bits per heavy atom. The normalized spacial score (nSPS) is 13.7. The molecule has 0 heterocycles. The summed E-state index contributed by atoms with van der Waals surface area (Å²) >= 11 is 0. The molecule has 0 bridgehead atoms. The zero-order chi connectivity index (χ0) is 15.8. The molecule has 0 aliphatic heterocycles. The molecule has 0 spiro atoms. The fraction of sp³-hybridized carbons (Fsp3) is 0.625. The van der Waals surface area contributed by atoms with Crippen molar-refractivity contribution in [3.63, 3.8) is 0 Å². The number of non-ortho nitro benzene ring substituents is 1. The van der Waals surface area contributed by atoms with E-state index in [1.54, 1.807) is 13.0 Å². The molecule has 118 valence electrons. The van der Waals surface area contributed by atoms with Gasteiger partial charge < -0.3 is 9.84 Å². The number of benzene rings is 1. The van der Waals surface area contributed by atoms with Gasteiger partial charge in [-0.25, -0.2) is 0 Å². The third kappa shape index (κ3) is 5.34. The number of unbranched alkanes of at least 4 members (excludes halogenated alkanes) is 1. The Bertz CT molecular complexity index is 460. The molecule has 21 heavy (non-hydrogen) atoms. The predicted molar refractivity (Wildman–Crippen MR) is 82.5 cm³/mol. The van der Waals surface area contributed by atoms with Gasteiger partial charge in [-0.05, 0) is 25.3 Å². The Morgan fingerprint density at radius 3 is 2.62 bits per heavy atom. The van der Waals surface area contributed by atoms with Gasteiger partial charge in [-0.2, -0.15) is 0 Å². The van der Waals surface area contributed by atoms with Crippen LogP contribution in [0, 0.1) is 16.0 Å². The zero-order valence-corrected chi connectivity index (χ0v) is 13.0. The molecular formula is C16H25NO4. The van der Waals surface area contributed by atoms with Crippen molar-refractivity contribution in [1.82, 2.24) is 0 Å². The van der Waals surface area contributed by atoms with Gasteiger partial charge in [0.25, 0.3) is 5.69 Å². The summed E-state index contributed by atoms with van der Waals surface area (Å²) in [6.07, 6.45) is 3.69. The average molecular weight is 295 g/mol. The summed E-state index contributed by atoms with van der Waals surface area (Å²) in [6, 6.07) is 4.37. The number of aliphatic hydroxyl groups excluding tert-OH is 1. The Labute approximate surface area is 126 Å². The molecule has 5 heteroatoms. The second-order valence-corrected chi connectivity index (χ2v) is 5.38. The van der Waals surface area contributed by atoms with E-state index in [0.29, 0.717) is 23.8 Å². The van der Waals surface area contributed by atoms with E-state index in [1.165, 1.54) is 18.6 Å². The van der Waals surface area contributed by atoms with Crippen LogP contribution in [0.15, 0.2) is 18.2 Å². The Morgan fingerprint density at radius 1 is 1.38 bits per heavy atom. The lowest BCUT2D eigenvalue weighted by atomic mass is 10.0. The first-order chi connectivity index (χ1) is 9.99. The molecule has 0 radical (unpaired) electrons. The number of nitro benzene ring substituents is 1. The molecule has 1 rings (SSSR count). The monoisotopic (exact) mass is 295 g/mol. The molecule has 1 N–H and O–H groups in total. The molecule has 0 amide bonds. The van der Waals surface area contributed by atoms with E-state index < -0.39 is 11.0 Å². The molecule has 1 aromatic rings. The third-order valence-corrected chi connectivity index (χ3v) is 3.67. The Hall–Kier alpha value is -1.62. The summed E-state index contributed by atoms with van der Waals surface area (Å²) in [5, 5.41) is 20.6. The maximum Gasteiger partial charge on any atom is 0.270 e. The molecule has 2 atom stereocenters. The van der Waals surface area contributed by atoms with Crippen LogP contribution in [0.5, 0.6) is 5.75 Å². The molecule has 0 saturated heterocycles. The minimum Gasteiger partial charge on any atom is -0.493 e. The standard InChI is InChI=1S/C16H25NO4/c1-4-6-7-13(5-2)11-21-16-9-8-14(17(19)20)10-15(16)12(3)18/h8-10,12-13,18H,4-7,11H2,1-3H3/t12-,13?/m1/s1. The van der Waals surface area contributed by atoms with Crippen molar-refractivity contribution in [1.29, 1.82) is 0 Å². The van der Waals surface area contributed by atoms with Crippen molar-refractivity contribution in [2.45, 2.75) is 52.6 Å². The lowest BCUT2D eigenvalue weighted by Gasteiger charge is -2.18. The van der Waals surface area contributed by atoms with Crippen LogP contribution in [0.2, 0.25) is 0 Å². The Balaban J connectivity index is 2.80. The maximum absolute atomic E-state index is 10.8. The highest BCUT2D eigenvalue weighted by molar-refractivity contribution is 5.44. The van der Waals surface area contributed by atoms with E-state index in [2.05, 4.69) is 13.8 Å². The first-order valence-corrected chi connectivity index (χ1v) is 7.58. The number of aliphatic hydroxyl groups is 1. The van der Waals surface area contributed by atoms with Crippen LogP contribution in [-0.2, 0) is 0 Å². The van der Waals surface area contributed by atoms with E-state index in [9.17, 15) is 15.2 Å². The van der Waals surface area contributed by atoms with Gasteiger partial charge >= 0.3 is 0 Å². The quantitative estimate of drug-likeness (QED) is 0.546. The van der Waals surface area contributed by atoms with Gasteiger partial charge in [0.05, 0.1) is 17.6 Å². The minimum atomic E-state index is -0.796. The van der Waals surface area contributed by atoms with Gasteiger partial charge in [0.1, 0.15) is 5.75 Å². The van der Waals surface area contributed by atoms with E-state index >= 15 is 0 Å². The molecule has 0 fully saturated rings. The maximum atomic E-state index is 10.8. The number of ether oxygens (including phenoxy) is 1. The van der Waals surface area contributed by atoms with E-state index in [0.717, 1.165) is 19.3 Å². The molecule has 0 aliphatic rings. The molecule has 1 unspecified atom stereocenters. The number of nitro groups is 1. The highest BCUT2D eigenvalue weighted by atomic mass is 16.6. The summed E-state index contributed by atoms with van der Waals surface area (Å²) in [5.74, 6) is 1.01. The lowest BCUT2D eigenvalue weighted by Crippen LogP contribution is -2.12. The highest BCUT2D eigenvalue weighted by Crippen LogP contribution is 2.30. The molecular weight excluding hydrogens is 270 g/mol. The van der Waals surface area contributed by atoms with Gasteiger partial charge in [0, 0.05) is 17.7 Å². The second kappa shape index (κ2) is 8.62. The number of hydrogen-bond acceptors (Lipinski definition) is 4. The zero-order valence-electron chi connectivity index (χ0n) is 13.0. The largest absolute Gasteiger partial charge is 0.493 e. The Kier molecular flexibility index (Phi) is 7.15. The lowest BCUT2D eigenvalue weighted by molar-refractivity contribution is -0.385. The van der Waals surface area contributed by atoms with Crippen LogP contribution >= 0.6 is 0 Å². The molecule has 0 aromatic heterocycles. The van der Waals surface area contributed by atoms with Crippen molar-refractivity contribution in [3.8, 4) is 5.75 Å². The second-order valence-electron chi connectivity index (χ2n) is 5.38. The van der Waals surface area contributed by atoms with Crippen LogP contribution in [0.1, 0.15) is 58.1 Å². The molecule has 0 saturated carbocycles. The van der Waals surface area contributed by atoms with Crippen LogP contribution in [0.3, 0.4) is 0 Å². The number of nitrogens with zero attached hydrogens (tertiary/aromatic N) is 1. The molecule has 5 nitrogen and oxygen atoms in total. The minimum absolute atomic E-state index is 0.0312. The first kappa shape index (κ1) is 17.4. The van der Waals surface area contributed by atoms with Gasteiger partial charge in [-0.1, -0.05) is 33.1 Å². The molecule has 0 aliphatic carbocycles. The van der Waals surface area contributed by atoms with Crippen molar-refractivity contribution >= 4 is 5.69 Å². The van der Waals surface area contributed by atoms with Gasteiger partial charge in [0.2, 0.25) is 0 Å². The van der Waals surface area contributed by atoms with E-state index in [-0.39, 0.29) is 5.69 Å². The fourth-order valence-corrected chi connectivity index (χ4v) is 2.21. The summed E-state index contributed by atoms with van der Waals surface area (Å²) in [6.45, 7) is 6.46. The highest BCUT2D eigenvalue weighted by Gasteiger charge is 2.16. The van der Waals surface area contributed by atoms with Crippen LogP contribution in [0.25, 0.3) is 0 Å². The SMILES string of the molecule is CCCCC(CC)COc1ccc([N+](=O)[O-])cc1[C@@H](C)O. The average Bonchev–Trinajstić information content (AvgIpc) is 2.47. The van der Waals surface area contributed by atoms with Crippen LogP contribution < -0.4 is 4.74 Å². The summed E-state index contributed by atoms with van der Waals surface area (Å²) in [7, 11) is 0. The predicted octanol–water partition coefficient (Wildman–Crippen LogP) is 4.24. The van der Waals surface area contributed by atoms with Crippen molar-refractivity contribution in [2.75, 3.05) is 6.61 Å². The summed E-state index contributed by atoms with van der Waals surface area (Å²) in [4.78, 5) is 10.3. The number of rotatable bonds is 9. The summed E-state index contributed by atoms with van der Waals surface area (Å²) in [5.41, 5.74) is 0.436. The van der Waals surface area contributed by atoms with Crippen molar-refractivity contribution in [2.24, 2.45) is 5.92 Å². The van der Waals surface area contributed by atoms with Gasteiger partial charge in [0.15, 0.2) is 0 Å². The first-order valence-electron chi connectivity index (χ1n) is 7.58. The van der Waals surface area contributed by atoms with Gasteiger partial charge in [-0.3, -0.25) is 10.1 Å².